The van der Waals surface area contributed by atoms with Crippen LogP contribution in [0.1, 0.15) is 13.8 Å². The number of hydrogen-bond donors (Lipinski definition) is 0. The van der Waals surface area contributed by atoms with Gasteiger partial charge in [-0.15, -0.1) is 0 Å². The summed E-state index contributed by atoms with van der Waals surface area (Å²) in [5, 5.41) is 0.422. The molecule has 0 radical (unpaired) electrons. The molecule has 4 heteroatoms. The molecule has 0 fully saturated rings. The van der Waals surface area contributed by atoms with Gasteiger partial charge in [-0.05, 0) is 26.0 Å². The van der Waals surface area contributed by atoms with E-state index in [2.05, 4.69) is 4.99 Å². The molecule has 1 aromatic carbocycles. The van der Waals surface area contributed by atoms with Crippen molar-refractivity contribution in [2.24, 2.45) is 4.99 Å². The third-order valence-electron chi connectivity index (χ3n) is 1.85. The van der Waals surface area contributed by atoms with Gasteiger partial charge in [-0.1, -0.05) is 30.0 Å². The first-order valence-corrected chi connectivity index (χ1v) is 5.45. The van der Waals surface area contributed by atoms with Crippen molar-refractivity contribution >= 4 is 22.8 Å². The Hall–Kier alpha value is -1.29. The quantitative estimate of drug-likeness (QED) is 0.684. The largest absolute Gasteiger partial charge is 0.433 e. The van der Waals surface area contributed by atoms with Crippen LogP contribution in [-0.4, -0.2) is 16.7 Å². The number of hydrogen-bond acceptors (Lipinski definition) is 4. The lowest BCUT2D eigenvalue weighted by molar-refractivity contribution is -0.143. The van der Waals surface area contributed by atoms with Crippen molar-refractivity contribution in [2.45, 2.75) is 24.5 Å². The molecule has 0 bridgehead atoms. The Kier molecular flexibility index (Phi) is 2.52. The third kappa shape index (κ3) is 2.39. The van der Waals surface area contributed by atoms with Crippen molar-refractivity contribution in [2.75, 3.05) is 0 Å². The first-order valence-electron chi connectivity index (χ1n) is 4.63. The van der Waals surface area contributed by atoms with Gasteiger partial charge in [0, 0.05) is 4.90 Å². The number of benzene rings is 1. The summed E-state index contributed by atoms with van der Waals surface area (Å²) >= 11 is 1.34. The molecule has 0 amide bonds. The summed E-state index contributed by atoms with van der Waals surface area (Å²) in [5.74, 6) is -0.339. The minimum Gasteiger partial charge on any atom is -0.433 e. The van der Waals surface area contributed by atoms with Crippen LogP contribution in [0.5, 0.6) is 0 Å². The van der Waals surface area contributed by atoms with Gasteiger partial charge in [-0.3, -0.25) is 0 Å². The second-order valence-electron chi connectivity index (χ2n) is 3.67. The van der Waals surface area contributed by atoms with Crippen LogP contribution in [0.2, 0.25) is 0 Å². The molecule has 1 aromatic rings. The normalized spacial score (nSPS) is 18.5. The van der Waals surface area contributed by atoms with E-state index in [1.807, 2.05) is 30.3 Å². The van der Waals surface area contributed by atoms with E-state index >= 15 is 0 Å². The van der Waals surface area contributed by atoms with Gasteiger partial charge >= 0.3 is 5.97 Å². The fraction of sp³-hybridized carbons (Fsp3) is 0.273. The molecule has 2 rings (SSSR count). The average Bonchev–Trinajstić information content (AvgIpc) is 2.41. The molecule has 0 aromatic heterocycles. The van der Waals surface area contributed by atoms with E-state index in [1.54, 1.807) is 13.8 Å². The third-order valence-corrected chi connectivity index (χ3v) is 2.80. The SMILES string of the molecule is CC1(C)N=C(Sc2ccccc2)C(=O)O1. The van der Waals surface area contributed by atoms with Crippen LogP contribution < -0.4 is 0 Å². The Morgan fingerprint density at radius 3 is 2.47 bits per heavy atom. The van der Waals surface area contributed by atoms with Crippen LogP contribution in [0.15, 0.2) is 40.2 Å². The average molecular weight is 221 g/mol. The molecule has 3 nitrogen and oxygen atoms in total. The van der Waals surface area contributed by atoms with E-state index in [0.717, 1.165) is 4.90 Å². The summed E-state index contributed by atoms with van der Waals surface area (Å²) in [7, 11) is 0. The van der Waals surface area contributed by atoms with Gasteiger partial charge in [0.15, 0.2) is 10.8 Å². The number of ether oxygens (including phenoxy) is 1. The van der Waals surface area contributed by atoms with Crippen molar-refractivity contribution in [1.29, 1.82) is 0 Å². The van der Waals surface area contributed by atoms with Crippen LogP contribution in [0.3, 0.4) is 0 Å². The molecule has 1 aliphatic rings. The van der Waals surface area contributed by atoms with Crippen LogP contribution in [0, 0.1) is 0 Å². The number of aliphatic imine (C=N–C) groups is 1. The zero-order chi connectivity index (χ0) is 10.9. The zero-order valence-electron chi connectivity index (χ0n) is 8.56. The van der Waals surface area contributed by atoms with Crippen molar-refractivity contribution in [3.63, 3.8) is 0 Å². The maximum Gasteiger partial charge on any atom is 0.365 e. The fourth-order valence-corrected chi connectivity index (χ4v) is 2.16. The van der Waals surface area contributed by atoms with Gasteiger partial charge in [-0.2, -0.15) is 0 Å². The smallest absolute Gasteiger partial charge is 0.365 e. The lowest BCUT2D eigenvalue weighted by Gasteiger charge is -2.10. The summed E-state index contributed by atoms with van der Waals surface area (Å²) in [6, 6.07) is 9.66. The summed E-state index contributed by atoms with van der Waals surface area (Å²) < 4.78 is 5.07. The second-order valence-corrected chi connectivity index (χ2v) is 4.73. The summed E-state index contributed by atoms with van der Waals surface area (Å²) in [6.07, 6.45) is 0. The summed E-state index contributed by atoms with van der Waals surface area (Å²) in [5.41, 5.74) is -0.714. The van der Waals surface area contributed by atoms with Crippen LogP contribution in [0.25, 0.3) is 0 Å². The van der Waals surface area contributed by atoms with Crippen LogP contribution in [-0.2, 0) is 9.53 Å². The zero-order valence-corrected chi connectivity index (χ0v) is 9.38. The molecule has 1 heterocycles. The minimum absolute atomic E-state index is 0.339. The van der Waals surface area contributed by atoms with Gasteiger partial charge in [0.2, 0.25) is 0 Å². The maximum atomic E-state index is 11.4. The predicted molar refractivity (Wildman–Crippen MR) is 59.9 cm³/mol. The molecule has 0 aliphatic carbocycles. The van der Waals surface area contributed by atoms with Crippen molar-refractivity contribution in [3.05, 3.63) is 30.3 Å². The Morgan fingerprint density at radius 1 is 1.27 bits per heavy atom. The van der Waals surface area contributed by atoms with E-state index < -0.39 is 5.72 Å². The number of cyclic esters (lactones) is 1. The monoisotopic (exact) mass is 221 g/mol. The minimum atomic E-state index is -0.714. The van der Waals surface area contributed by atoms with E-state index in [1.165, 1.54) is 11.8 Å². The molecule has 0 spiro atoms. The molecule has 1 aliphatic heterocycles. The molecular formula is C11H11NO2S. The molecule has 78 valence electrons. The van der Waals surface area contributed by atoms with Crippen LogP contribution >= 0.6 is 11.8 Å². The van der Waals surface area contributed by atoms with Gasteiger partial charge < -0.3 is 4.74 Å². The second kappa shape index (κ2) is 3.70. The lowest BCUT2D eigenvalue weighted by atomic mass is 10.3. The fourth-order valence-electron chi connectivity index (χ4n) is 1.25. The Balaban J connectivity index is 2.17. The Bertz CT molecular complexity index is 412. The highest BCUT2D eigenvalue weighted by Gasteiger charge is 2.33. The summed E-state index contributed by atoms with van der Waals surface area (Å²) in [6.45, 7) is 3.53. The highest BCUT2D eigenvalue weighted by Crippen LogP contribution is 2.28. The van der Waals surface area contributed by atoms with Crippen LogP contribution in [0.4, 0.5) is 0 Å². The molecular weight excluding hydrogens is 210 g/mol. The molecule has 15 heavy (non-hydrogen) atoms. The van der Waals surface area contributed by atoms with E-state index in [0.29, 0.717) is 5.04 Å². The molecule has 0 saturated carbocycles. The first-order chi connectivity index (χ1) is 7.07. The van der Waals surface area contributed by atoms with E-state index in [9.17, 15) is 4.79 Å². The highest BCUT2D eigenvalue weighted by atomic mass is 32.2. The number of carbonyl (C=O) groups is 1. The van der Waals surface area contributed by atoms with Crippen molar-refractivity contribution in [3.8, 4) is 0 Å². The number of esters is 1. The van der Waals surface area contributed by atoms with Gasteiger partial charge in [0.1, 0.15) is 0 Å². The van der Waals surface area contributed by atoms with E-state index in [4.69, 9.17) is 4.74 Å². The topological polar surface area (TPSA) is 38.7 Å². The number of thioether (sulfide) groups is 1. The van der Waals surface area contributed by atoms with Gasteiger partial charge in [0.05, 0.1) is 0 Å². The predicted octanol–water partition coefficient (Wildman–Crippen LogP) is 2.47. The Morgan fingerprint density at radius 2 is 1.93 bits per heavy atom. The maximum absolute atomic E-state index is 11.4. The van der Waals surface area contributed by atoms with Gasteiger partial charge in [0.25, 0.3) is 0 Å². The molecule has 0 atom stereocenters. The number of carbonyl (C=O) groups excluding carboxylic acids is 1. The number of nitrogens with zero attached hydrogens (tertiary/aromatic N) is 1. The number of rotatable bonds is 1. The summed E-state index contributed by atoms with van der Waals surface area (Å²) in [4.78, 5) is 16.6. The molecule has 0 saturated heterocycles. The molecule has 0 N–H and O–H groups in total. The lowest BCUT2D eigenvalue weighted by Crippen LogP contribution is -2.18. The van der Waals surface area contributed by atoms with E-state index in [-0.39, 0.29) is 5.97 Å². The highest BCUT2D eigenvalue weighted by molar-refractivity contribution is 8.15. The van der Waals surface area contributed by atoms with Gasteiger partial charge in [-0.25, -0.2) is 9.79 Å². The van der Waals surface area contributed by atoms with Crippen molar-refractivity contribution < 1.29 is 9.53 Å². The first kappa shape index (κ1) is 10.2. The van der Waals surface area contributed by atoms with Crippen molar-refractivity contribution in [1.82, 2.24) is 0 Å². The Labute approximate surface area is 92.5 Å². The molecule has 0 unspecified atom stereocenters. The standard InChI is InChI=1S/C11H11NO2S/c1-11(2)12-9(10(13)14-11)15-8-6-4-3-5-7-8/h3-7H,1-2H3.